The molecular formula is C36H70Cu3O12S2. The summed E-state index contributed by atoms with van der Waals surface area (Å²) in [5.74, 6) is -1.81. The van der Waals surface area contributed by atoms with Crippen LogP contribution in [0.15, 0.2) is 0 Å². The Bertz CT molecular complexity index is 837. The summed E-state index contributed by atoms with van der Waals surface area (Å²) in [6.07, 6.45) is 39.7. The van der Waals surface area contributed by atoms with Gasteiger partial charge in [0, 0.05) is 32.7 Å². The van der Waals surface area contributed by atoms with E-state index in [0.717, 1.165) is 25.7 Å². The maximum atomic E-state index is 10.2. The first kappa shape index (κ1) is 68.0. The quantitative estimate of drug-likeness (QED) is 0.0279. The SMILES string of the molecule is CCCCCCCCCCCCCCCCCC(=O)[O-].CCCCCCCCCCCCCCCCCC(=O)[O-].O=S(=O)([O-])[O-].O=S(=O)([O-])[O-].[Cu+2].[Cu+2].[Cu+2]. The van der Waals surface area contributed by atoms with E-state index in [2.05, 4.69) is 13.8 Å². The molecule has 0 aromatic rings. The number of carbonyl (C=O) groups is 2. The van der Waals surface area contributed by atoms with Crippen LogP contribution in [0.5, 0.6) is 0 Å². The van der Waals surface area contributed by atoms with Gasteiger partial charge in [-0.1, -0.05) is 194 Å². The Hall–Kier alpha value is 0.238. The summed E-state index contributed by atoms with van der Waals surface area (Å²) in [4.78, 5) is 20.4. The van der Waals surface area contributed by atoms with Crippen molar-refractivity contribution in [2.45, 2.75) is 219 Å². The van der Waals surface area contributed by atoms with E-state index < -0.39 is 32.7 Å². The minimum Gasteiger partial charge on any atom is -0.759 e. The summed E-state index contributed by atoms with van der Waals surface area (Å²) < 4.78 is 68.2. The van der Waals surface area contributed by atoms with E-state index in [1.165, 1.54) is 167 Å². The van der Waals surface area contributed by atoms with E-state index in [0.29, 0.717) is 0 Å². The number of carboxylic acid groups (broad SMARTS) is 2. The Morgan fingerprint density at radius 1 is 0.321 bits per heavy atom. The summed E-state index contributed by atoms with van der Waals surface area (Å²) >= 11 is 0. The predicted octanol–water partition coefficient (Wildman–Crippen LogP) is 7.31. The third-order valence-corrected chi connectivity index (χ3v) is 7.97. The third kappa shape index (κ3) is 112. The number of rotatable bonds is 32. The van der Waals surface area contributed by atoms with Crippen molar-refractivity contribution in [3.63, 3.8) is 0 Å². The fourth-order valence-corrected chi connectivity index (χ4v) is 5.28. The molecule has 331 valence electrons. The maximum Gasteiger partial charge on any atom is 2.00 e. The van der Waals surface area contributed by atoms with Gasteiger partial charge in [-0.15, -0.1) is 0 Å². The van der Waals surface area contributed by atoms with E-state index >= 15 is 0 Å². The molecule has 0 aromatic heterocycles. The van der Waals surface area contributed by atoms with Crippen molar-refractivity contribution >= 4 is 32.7 Å². The van der Waals surface area contributed by atoms with E-state index in [9.17, 15) is 19.8 Å². The summed E-state index contributed by atoms with van der Waals surface area (Å²) in [5.41, 5.74) is 0. The van der Waals surface area contributed by atoms with Gasteiger partial charge in [0.25, 0.3) is 0 Å². The van der Waals surface area contributed by atoms with E-state index in [1.807, 2.05) is 0 Å². The van der Waals surface area contributed by atoms with Gasteiger partial charge in [0.2, 0.25) is 0 Å². The molecule has 0 aromatic carbocycles. The molecule has 0 rings (SSSR count). The van der Waals surface area contributed by atoms with Crippen LogP contribution in [0.3, 0.4) is 0 Å². The Kier molecular flexibility index (Phi) is 69.7. The van der Waals surface area contributed by atoms with Gasteiger partial charge in [0.15, 0.2) is 0 Å². The Morgan fingerprint density at radius 2 is 0.434 bits per heavy atom. The van der Waals surface area contributed by atoms with Gasteiger partial charge in [-0.2, -0.15) is 0 Å². The van der Waals surface area contributed by atoms with E-state index in [1.54, 1.807) is 0 Å². The maximum absolute atomic E-state index is 10.2. The van der Waals surface area contributed by atoms with Gasteiger partial charge in [-0.25, -0.2) is 0 Å². The molecule has 0 spiro atoms. The fraction of sp³-hybridized carbons (Fsp3) is 0.944. The van der Waals surface area contributed by atoms with Crippen molar-refractivity contribution in [3.05, 3.63) is 0 Å². The second-order valence-corrected chi connectivity index (χ2v) is 14.6. The first-order chi connectivity index (χ1) is 23.5. The molecule has 0 aliphatic rings. The molecule has 0 aliphatic carbocycles. The van der Waals surface area contributed by atoms with Gasteiger partial charge >= 0.3 is 51.2 Å². The molecule has 0 fully saturated rings. The smallest absolute Gasteiger partial charge is 0.759 e. The zero-order valence-corrected chi connectivity index (χ0v) is 36.7. The molecule has 0 saturated carbocycles. The fourth-order valence-electron chi connectivity index (χ4n) is 5.28. The van der Waals surface area contributed by atoms with Crippen LogP contribution in [-0.2, 0) is 81.6 Å². The third-order valence-electron chi connectivity index (χ3n) is 7.97. The molecule has 0 N–H and O–H groups in total. The first-order valence-electron chi connectivity index (χ1n) is 19.3. The Morgan fingerprint density at radius 3 is 0.547 bits per heavy atom. The van der Waals surface area contributed by atoms with Gasteiger partial charge in [-0.3, -0.25) is 16.8 Å². The van der Waals surface area contributed by atoms with Crippen LogP contribution >= 0.6 is 0 Å². The summed E-state index contributed by atoms with van der Waals surface area (Å²) in [7, 11) is -10.3. The minimum absolute atomic E-state index is 0. The summed E-state index contributed by atoms with van der Waals surface area (Å²) in [6, 6.07) is 0. The molecule has 17 heteroatoms. The molecule has 12 nitrogen and oxygen atoms in total. The van der Waals surface area contributed by atoms with Crippen molar-refractivity contribution in [1.29, 1.82) is 0 Å². The standard InChI is InChI=1S/2C18H36O2.3Cu.2H2O4S/c2*1-2-3-4-5-6-7-8-9-10-11-12-13-14-15-16-17-18(19)20;;;;2*1-5(2,3)4/h2*2-17H2,1H3,(H,19,20);;;;2*(H2,1,2,3,4)/q;;3*+2;;/p-6. The number of carbonyl (C=O) groups excluding carboxylic acids is 2. The Labute approximate surface area is 355 Å². The molecule has 0 atom stereocenters. The van der Waals surface area contributed by atoms with Crippen molar-refractivity contribution in [1.82, 2.24) is 0 Å². The number of carboxylic acids is 2. The molecule has 0 bridgehead atoms. The van der Waals surface area contributed by atoms with Crippen molar-refractivity contribution in [2.24, 2.45) is 0 Å². The molecule has 0 aliphatic heterocycles. The zero-order chi connectivity index (χ0) is 38.8. The molecule has 0 heterocycles. The zero-order valence-electron chi connectivity index (χ0n) is 32.2. The van der Waals surface area contributed by atoms with E-state index in [4.69, 9.17) is 35.0 Å². The van der Waals surface area contributed by atoms with E-state index in [-0.39, 0.29) is 64.0 Å². The van der Waals surface area contributed by atoms with Crippen LogP contribution < -0.4 is 10.2 Å². The topological polar surface area (TPSA) is 241 Å². The molecule has 53 heavy (non-hydrogen) atoms. The van der Waals surface area contributed by atoms with Gasteiger partial charge < -0.3 is 38.0 Å². The number of aliphatic carboxylic acids is 2. The van der Waals surface area contributed by atoms with Crippen molar-refractivity contribution in [2.75, 3.05) is 0 Å². The van der Waals surface area contributed by atoms with Crippen LogP contribution in [0.1, 0.15) is 219 Å². The van der Waals surface area contributed by atoms with Crippen molar-refractivity contribution in [3.8, 4) is 0 Å². The van der Waals surface area contributed by atoms with Crippen molar-refractivity contribution < 1.29 is 106 Å². The molecular weight excluding hydrogens is 879 g/mol. The van der Waals surface area contributed by atoms with Gasteiger partial charge in [0.05, 0.1) is 0 Å². The second kappa shape index (κ2) is 54.3. The minimum atomic E-state index is -5.17. The van der Waals surface area contributed by atoms with Crippen LogP contribution in [0, 0.1) is 0 Å². The van der Waals surface area contributed by atoms with Gasteiger partial charge in [-0.05, 0) is 25.7 Å². The summed E-state index contributed by atoms with van der Waals surface area (Å²) in [5, 5.41) is 20.4. The Balaban J connectivity index is -0.000000121. The van der Waals surface area contributed by atoms with Crippen LogP contribution in [-0.4, -0.2) is 47.0 Å². The largest absolute Gasteiger partial charge is 2.00 e. The molecule has 0 amide bonds. The molecule has 0 saturated heterocycles. The number of hydrogen-bond acceptors (Lipinski definition) is 12. The predicted molar refractivity (Wildman–Crippen MR) is 190 cm³/mol. The average molecular weight is 950 g/mol. The number of hydrogen-bond donors (Lipinski definition) is 0. The average Bonchev–Trinajstić information content (AvgIpc) is 2.99. The normalized spacial score (nSPS) is 10.4. The first-order valence-corrected chi connectivity index (χ1v) is 21.9. The summed E-state index contributed by atoms with van der Waals surface area (Å²) in [6.45, 7) is 4.53. The van der Waals surface area contributed by atoms with Crippen LogP contribution in [0.2, 0.25) is 0 Å². The molecule has 3 radical (unpaired) electrons. The van der Waals surface area contributed by atoms with Crippen LogP contribution in [0.25, 0.3) is 0 Å². The monoisotopic (exact) mass is 947 g/mol. The number of unbranched alkanes of at least 4 members (excludes halogenated alkanes) is 28. The molecule has 0 unspecified atom stereocenters. The second-order valence-electron chi connectivity index (χ2n) is 13.0. The van der Waals surface area contributed by atoms with Gasteiger partial charge in [0.1, 0.15) is 0 Å². The van der Waals surface area contributed by atoms with Crippen LogP contribution in [0.4, 0.5) is 0 Å².